The predicted octanol–water partition coefficient (Wildman–Crippen LogP) is 2.57. The van der Waals surface area contributed by atoms with Gasteiger partial charge in [0.2, 0.25) is 5.91 Å². The monoisotopic (exact) mass is 279 g/mol. The van der Waals surface area contributed by atoms with E-state index in [4.69, 9.17) is 0 Å². The number of hydrogen-bond donors (Lipinski definition) is 2. The number of carbonyl (C=O) groups is 2. The second-order valence-corrected chi connectivity index (χ2v) is 6.91. The number of amides is 1. The van der Waals surface area contributed by atoms with Crippen molar-refractivity contribution in [3.8, 4) is 0 Å². The Hall–Kier alpha value is -1.06. The second kappa shape index (κ2) is 5.74. The maximum absolute atomic E-state index is 12.6. The molecule has 1 amide bonds. The van der Waals surface area contributed by atoms with Gasteiger partial charge in [0.25, 0.3) is 0 Å². The van der Waals surface area contributed by atoms with Gasteiger partial charge in [0.15, 0.2) is 0 Å². The molecule has 0 heterocycles. The highest BCUT2D eigenvalue weighted by Gasteiger charge is 2.50. The molecule has 4 fully saturated rings. The lowest BCUT2D eigenvalue weighted by Gasteiger charge is -2.46. The van der Waals surface area contributed by atoms with Gasteiger partial charge < -0.3 is 10.4 Å². The molecule has 2 N–H and O–H groups in total. The van der Waals surface area contributed by atoms with Gasteiger partial charge in [0.1, 0.15) is 0 Å². The summed E-state index contributed by atoms with van der Waals surface area (Å²) in [6.07, 6.45) is 9.82. The van der Waals surface area contributed by atoms with Crippen LogP contribution in [0.25, 0.3) is 0 Å². The molecule has 0 aromatic heterocycles. The SMILES string of the molecule is O=C(O)C1C2CCC(CC2)C1C(=O)NC1CCCCC1. The van der Waals surface area contributed by atoms with E-state index in [1.54, 1.807) is 0 Å². The Morgan fingerprint density at radius 3 is 1.90 bits per heavy atom. The first-order valence-corrected chi connectivity index (χ1v) is 8.20. The lowest BCUT2D eigenvalue weighted by atomic mass is 9.58. The Morgan fingerprint density at radius 2 is 1.35 bits per heavy atom. The molecular weight excluding hydrogens is 254 g/mol. The molecule has 2 unspecified atom stereocenters. The van der Waals surface area contributed by atoms with Gasteiger partial charge in [-0.2, -0.15) is 0 Å². The minimum absolute atomic E-state index is 0.0266. The standard InChI is InChI=1S/C16H25NO3/c18-15(17-12-4-2-1-3-5-12)13-10-6-8-11(9-7-10)14(13)16(19)20/h10-14H,1-9H2,(H,17,18)(H,19,20). The number of carboxylic acid groups (broad SMARTS) is 1. The van der Waals surface area contributed by atoms with Gasteiger partial charge in [0.05, 0.1) is 11.8 Å². The summed E-state index contributed by atoms with van der Waals surface area (Å²) in [6.45, 7) is 0. The minimum Gasteiger partial charge on any atom is -0.481 e. The molecule has 2 atom stereocenters. The number of nitrogens with one attached hydrogen (secondary N) is 1. The quantitative estimate of drug-likeness (QED) is 0.834. The molecule has 0 aliphatic heterocycles. The largest absolute Gasteiger partial charge is 0.481 e. The summed E-state index contributed by atoms with van der Waals surface area (Å²) < 4.78 is 0. The van der Waals surface area contributed by atoms with E-state index in [0.717, 1.165) is 38.5 Å². The van der Waals surface area contributed by atoms with Gasteiger partial charge in [-0.15, -0.1) is 0 Å². The molecule has 0 spiro atoms. The lowest BCUT2D eigenvalue weighted by molar-refractivity contribution is -0.158. The summed E-state index contributed by atoms with van der Waals surface area (Å²) in [5.74, 6) is -0.931. The third-order valence-electron chi connectivity index (χ3n) is 5.76. The van der Waals surface area contributed by atoms with Crippen molar-refractivity contribution in [3.63, 3.8) is 0 Å². The first kappa shape index (κ1) is 13.9. The molecule has 112 valence electrons. The Bertz CT molecular complexity index is 381. The van der Waals surface area contributed by atoms with Gasteiger partial charge in [-0.05, 0) is 50.4 Å². The highest BCUT2D eigenvalue weighted by Crippen LogP contribution is 2.49. The summed E-state index contributed by atoms with van der Waals surface area (Å²) in [7, 11) is 0. The molecule has 2 bridgehead atoms. The zero-order valence-electron chi connectivity index (χ0n) is 12.0. The second-order valence-electron chi connectivity index (χ2n) is 6.91. The molecular formula is C16H25NO3. The average molecular weight is 279 g/mol. The van der Waals surface area contributed by atoms with Crippen LogP contribution in [-0.2, 0) is 9.59 Å². The van der Waals surface area contributed by atoms with Crippen molar-refractivity contribution in [1.82, 2.24) is 5.32 Å². The van der Waals surface area contributed by atoms with Crippen LogP contribution >= 0.6 is 0 Å². The topological polar surface area (TPSA) is 66.4 Å². The molecule has 0 saturated heterocycles. The van der Waals surface area contributed by atoms with Gasteiger partial charge in [-0.25, -0.2) is 0 Å². The number of carbonyl (C=O) groups excluding carboxylic acids is 1. The fourth-order valence-electron chi connectivity index (χ4n) is 4.73. The molecule has 4 aliphatic carbocycles. The predicted molar refractivity (Wildman–Crippen MR) is 75.1 cm³/mol. The first-order valence-electron chi connectivity index (χ1n) is 8.20. The van der Waals surface area contributed by atoms with Gasteiger partial charge >= 0.3 is 5.97 Å². The fraction of sp³-hybridized carbons (Fsp3) is 0.875. The first-order chi connectivity index (χ1) is 9.66. The molecule has 0 aromatic carbocycles. The summed E-state index contributed by atoms with van der Waals surface area (Å²) >= 11 is 0. The molecule has 4 rings (SSSR count). The van der Waals surface area contributed by atoms with Crippen LogP contribution < -0.4 is 5.32 Å². The summed E-state index contributed by atoms with van der Waals surface area (Å²) in [6, 6.07) is 0.283. The van der Waals surface area contributed by atoms with E-state index >= 15 is 0 Å². The Labute approximate surface area is 120 Å². The van der Waals surface area contributed by atoms with E-state index in [1.807, 2.05) is 0 Å². The van der Waals surface area contributed by atoms with Crippen LogP contribution in [0.4, 0.5) is 0 Å². The minimum atomic E-state index is -0.761. The van der Waals surface area contributed by atoms with Crippen LogP contribution in [0.3, 0.4) is 0 Å². The van der Waals surface area contributed by atoms with E-state index in [1.165, 1.54) is 19.3 Å². The van der Waals surface area contributed by atoms with Crippen LogP contribution in [0.5, 0.6) is 0 Å². The van der Waals surface area contributed by atoms with E-state index < -0.39 is 11.9 Å². The van der Waals surface area contributed by atoms with E-state index in [9.17, 15) is 14.7 Å². The molecule has 0 aromatic rings. The Morgan fingerprint density at radius 1 is 0.800 bits per heavy atom. The lowest BCUT2D eigenvalue weighted by Crippen LogP contribution is -2.52. The molecule has 4 saturated carbocycles. The highest BCUT2D eigenvalue weighted by atomic mass is 16.4. The number of carboxylic acids is 1. The average Bonchev–Trinajstić information content (AvgIpc) is 2.48. The van der Waals surface area contributed by atoms with Crippen LogP contribution in [0.15, 0.2) is 0 Å². The summed E-state index contributed by atoms with van der Waals surface area (Å²) in [4.78, 5) is 24.2. The Balaban J connectivity index is 1.69. The van der Waals surface area contributed by atoms with Crippen molar-refractivity contribution < 1.29 is 14.7 Å². The molecule has 0 radical (unpaired) electrons. The van der Waals surface area contributed by atoms with Crippen LogP contribution in [0, 0.1) is 23.7 Å². The zero-order chi connectivity index (χ0) is 14.1. The van der Waals surface area contributed by atoms with E-state index in [2.05, 4.69) is 5.32 Å². The summed E-state index contributed by atoms with van der Waals surface area (Å²) in [5, 5.41) is 12.7. The molecule has 4 aliphatic rings. The van der Waals surface area contributed by atoms with Gasteiger partial charge in [0, 0.05) is 6.04 Å². The maximum atomic E-state index is 12.6. The third-order valence-corrected chi connectivity index (χ3v) is 5.76. The molecule has 20 heavy (non-hydrogen) atoms. The maximum Gasteiger partial charge on any atom is 0.307 e. The van der Waals surface area contributed by atoms with E-state index in [-0.39, 0.29) is 23.8 Å². The van der Waals surface area contributed by atoms with Crippen molar-refractivity contribution >= 4 is 11.9 Å². The third kappa shape index (κ3) is 2.57. The van der Waals surface area contributed by atoms with Gasteiger partial charge in [-0.1, -0.05) is 19.3 Å². The molecule has 4 nitrogen and oxygen atoms in total. The van der Waals surface area contributed by atoms with Crippen LogP contribution in [0.1, 0.15) is 57.8 Å². The smallest absolute Gasteiger partial charge is 0.307 e. The zero-order valence-corrected chi connectivity index (χ0v) is 12.0. The Kier molecular flexibility index (Phi) is 3.99. The molecule has 4 heteroatoms. The van der Waals surface area contributed by atoms with Crippen molar-refractivity contribution in [2.24, 2.45) is 23.7 Å². The van der Waals surface area contributed by atoms with Gasteiger partial charge in [-0.3, -0.25) is 9.59 Å². The van der Waals surface area contributed by atoms with Crippen molar-refractivity contribution in [3.05, 3.63) is 0 Å². The van der Waals surface area contributed by atoms with Crippen molar-refractivity contribution in [2.45, 2.75) is 63.8 Å². The number of rotatable bonds is 3. The highest BCUT2D eigenvalue weighted by molar-refractivity contribution is 5.85. The van der Waals surface area contributed by atoms with Crippen LogP contribution in [0.2, 0.25) is 0 Å². The normalized spacial score (nSPS) is 37.6. The van der Waals surface area contributed by atoms with Crippen molar-refractivity contribution in [1.29, 1.82) is 0 Å². The number of hydrogen-bond acceptors (Lipinski definition) is 2. The number of aliphatic carboxylic acids is 1. The number of fused-ring (bicyclic) bond motifs is 3. The van der Waals surface area contributed by atoms with E-state index in [0.29, 0.717) is 5.92 Å². The van der Waals surface area contributed by atoms with Crippen LogP contribution in [-0.4, -0.2) is 23.0 Å². The fourth-order valence-corrected chi connectivity index (χ4v) is 4.73. The van der Waals surface area contributed by atoms with Crippen molar-refractivity contribution in [2.75, 3.05) is 0 Å². The summed E-state index contributed by atoms with van der Waals surface area (Å²) in [5.41, 5.74) is 0.